The maximum Gasteiger partial charge on any atom is 0.316 e. The van der Waals surface area contributed by atoms with Crippen molar-refractivity contribution in [2.75, 3.05) is 38.5 Å². The number of piperazine rings is 1. The summed E-state index contributed by atoms with van der Waals surface area (Å²) < 4.78 is 27.9. The Morgan fingerprint density at radius 3 is 2.14 bits per heavy atom. The quantitative estimate of drug-likeness (QED) is 0.606. The zero-order valence-corrected chi connectivity index (χ0v) is 17.7. The minimum Gasteiger partial charge on any atom is -0.340 e. The van der Waals surface area contributed by atoms with Gasteiger partial charge in [-0.25, -0.2) is 8.42 Å². The zero-order valence-electron chi connectivity index (χ0n) is 16.9. The molecule has 2 heterocycles. The Hall–Kier alpha value is -2.46. The summed E-state index contributed by atoms with van der Waals surface area (Å²) in [6.45, 7) is 5.82. The number of aromatic nitrogens is 2. The average molecular weight is 423 g/mol. The van der Waals surface area contributed by atoms with Crippen molar-refractivity contribution >= 4 is 26.8 Å². The van der Waals surface area contributed by atoms with Gasteiger partial charge in [-0.05, 0) is 24.7 Å². The Bertz CT molecular complexity index is 1160. The third kappa shape index (κ3) is 4.13. The minimum absolute atomic E-state index is 0.0299. The lowest BCUT2D eigenvalue weighted by Gasteiger charge is -2.34. The molecular formula is C19H26N4O5S. The highest BCUT2D eigenvalue weighted by molar-refractivity contribution is 7.91. The molecule has 1 fully saturated rings. The molecule has 29 heavy (non-hydrogen) atoms. The molecule has 0 bridgehead atoms. The fraction of sp³-hybridized carbons (Fsp3) is 0.526. The predicted molar refractivity (Wildman–Crippen MR) is 110 cm³/mol. The fourth-order valence-electron chi connectivity index (χ4n) is 3.57. The van der Waals surface area contributed by atoms with Crippen molar-refractivity contribution in [2.45, 2.75) is 18.2 Å². The molecule has 0 N–H and O–H groups in total. The summed E-state index contributed by atoms with van der Waals surface area (Å²) >= 11 is 0. The molecule has 1 aromatic carbocycles. The molecule has 9 nitrogen and oxygen atoms in total. The molecule has 0 spiro atoms. The number of carbonyl (C=O) groups excluding carboxylic acids is 1. The molecule has 1 amide bonds. The van der Waals surface area contributed by atoms with Crippen LogP contribution in [-0.4, -0.2) is 71.7 Å². The third-order valence-corrected chi connectivity index (χ3v) is 7.29. The van der Waals surface area contributed by atoms with Crippen LogP contribution in [0, 0.1) is 0 Å². The van der Waals surface area contributed by atoms with Gasteiger partial charge in [-0.1, -0.05) is 6.92 Å². The first kappa shape index (κ1) is 21.3. The second-order valence-electron chi connectivity index (χ2n) is 7.26. The molecule has 0 radical (unpaired) electrons. The van der Waals surface area contributed by atoms with Gasteiger partial charge in [0.25, 0.3) is 0 Å². The van der Waals surface area contributed by atoms with Crippen LogP contribution in [0.25, 0.3) is 11.0 Å². The van der Waals surface area contributed by atoms with Crippen LogP contribution >= 0.6 is 0 Å². The molecule has 1 aromatic heterocycles. The number of likely N-dealkylation sites (N-methyl/N-ethyl adjacent to an activating group) is 1. The number of benzene rings is 1. The lowest BCUT2D eigenvalue weighted by Crippen LogP contribution is -2.48. The van der Waals surface area contributed by atoms with E-state index in [1.54, 1.807) is 4.90 Å². The van der Waals surface area contributed by atoms with Crippen molar-refractivity contribution in [3.63, 3.8) is 0 Å². The van der Waals surface area contributed by atoms with Crippen molar-refractivity contribution in [3.8, 4) is 0 Å². The zero-order chi connectivity index (χ0) is 21.3. The largest absolute Gasteiger partial charge is 0.340 e. The first-order valence-corrected chi connectivity index (χ1v) is 11.2. The minimum atomic E-state index is -3.71. The van der Waals surface area contributed by atoms with E-state index in [9.17, 15) is 22.8 Å². The van der Waals surface area contributed by atoms with Crippen LogP contribution in [-0.2, 0) is 28.7 Å². The number of nitrogens with zero attached hydrogens (tertiary/aromatic N) is 4. The number of carbonyl (C=O) groups is 1. The normalized spacial score (nSPS) is 15.8. The topological polar surface area (TPSA) is 102 Å². The SMILES string of the molecule is CCN1CCN(C(=O)CCS(=O)(=O)c2ccc3c(c2)n(C)c(=O)c(=O)n3C)CC1. The Morgan fingerprint density at radius 1 is 0.966 bits per heavy atom. The lowest BCUT2D eigenvalue weighted by molar-refractivity contribution is -0.132. The molecule has 3 rings (SSSR count). The van der Waals surface area contributed by atoms with Gasteiger partial charge in [0, 0.05) is 46.7 Å². The molecule has 158 valence electrons. The van der Waals surface area contributed by atoms with Crippen molar-refractivity contribution in [3.05, 3.63) is 38.9 Å². The number of hydrogen-bond acceptors (Lipinski definition) is 6. The average Bonchev–Trinajstić information content (AvgIpc) is 2.74. The lowest BCUT2D eigenvalue weighted by atomic mass is 10.3. The number of rotatable bonds is 5. The summed E-state index contributed by atoms with van der Waals surface area (Å²) in [5.74, 6) is -0.467. The highest BCUT2D eigenvalue weighted by Gasteiger charge is 2.23. The Labute approximate surface area is 169 Å². The van der Waals surface area contributed by atoms with E-state index in [1.165, 1.54) is 36.9 Å². The highest BCUT2D eigenvalue weighted by Crippen LogP contribution is 2.19. The molecule has 1 aliphatic rings. The first-order valence-electron chi connectivity index (χ1n) is 9.58. The molecule has 1 aliphatic heterocycles. The van der Waals surface area contributed by atoms with Crippen LogP contribution in [0.3, 0.4) is 0 Å². The van der Waals surface area contributed by atoms with Crippen molar-refractivity contribution in [2.24, 2.45) is 14.1 Å². The van der Waals surface area contributed by atoms with E-state index >= 15 is 0 Å². The maximum absolute atomic E-state index is 12.8. The van der Waals surface area contributed by atoms with Gasteiger partial charge in [0.2, 0.25) is 5.91 Å². The van der Waals surface area contributed by atoms with Crippen LogP contribution in [0.1, 0.15) is 13.3 Å². The smallest absolute Gasteiger partial charge is 0.316 e. The van der Waals surface area contributed by atoms with E-state index in [0.717, 1.165) is 24.2 Å². The van der Waals surface area contributed by atoms with Gasteiger partial charge in [0.05, 0.1) is 21.7 Å². The van der Waals surface area contributed by atoms with Crippen LogP contribution in [0.4, 0.5) is 0 Å². The summed E-state index contributed by atoms with van der Waals surface area (Å²) in [5.41, 5.74) is -0.596. The van der Waals surface area contributed by atoms with E-state index in [0.29, 0.717) is 24.1 Å². The van der Waals surface area contributed by atoms with Gasteiger partial charge in [-0.15, -0.1) is 0 Å². The monoisotopic (exact) mass is 422 g/mol. The summed E-state index contributed by atoms with van der Waals surface area (Å²) in [6, 6.07) is 4.30. The predicted octanol–water partition coefficient (Wildman–Crippen LogP) is -0.435. The van der Waals surface area contributed by atoms with Crippen LogP contribution in [0.15, 0.2) is 32.7 Å². The molecule has 2 aromatic rings. The van der Waals surface area contributed by atoms with E-state index < -0.39 is 21.0 Å². The van der Waals surface area contributed by atoms with Gasteiger partial charge in [-0.2, -0.15) is 0 Å². The van der Waals surface area contributed by atoms with Gasteiger partial charge >= 0.3 is 11.1 Å². The maximum atomic E-state index is 12.8. The number of sulfone groups is 1. The van der Waals surface area contributed by atoms with Crippen LogP contribution in [0.5, 0.6) is 0 Å². The Balaban J connectivity index is 1.79. The van der Waals surface area contributed by atoms with E-state index in [-0.39, 0.29) is 23.0 Å². The van der Waals surface area contributed by atoms with E-state index in [4.69, 9.17) is 0 Å². The van der Waals surface area contributed by atoms with E-state index in [2.05, 4.69) is 11.8 Å². The molecule has 0 unspecified atom stereocenters. The second kappa shape index (κ2) is 8.11. The molecular weight excluding hydrogens is 396 g/mol. The van der Waals surface area contributed by atoms with E-state index in [1.807, 2.05) is 0 Å². The molecule has 10 heteroatoms. The summed E-state index contributed by atoms with van der Waals surface area (Å²) in [4.78, 5) is 40.4. The number of hydrogen-bond donors (Lipinski definition) is 0. The number of aryl methyl sites for hydroxylation is 2. The highest BCUT2D eigenvalue weighted by atomic mass is 32.2. The number of fused-ring (bicyclic) bond motifs is 1. The van der Waals surface area contributed by atoms with Crippen LogP contribution < -0.4 is 11.1 Å². The fourth-order valence-corrected chi connectivity index (χ4v) is 4.81. The van der Waals surface area contributed by atoms with Crippen LogP contribution in [0.2, 0.25) is 0 Å². The molecule has 0 saturated carbocycles. The second-order valence-corrected chi connectivity index (χ2v) is 9.37. The summed E-state index contributed by atoms with van der Waals surface area (Å²) in [7, 11) is -0.812. The van der Waals surface area contributed by atoms with Gasteiger partial charge in [0.15, 0.2) is 9.84 Å². The summed E-state index contributed by atoms with van der Waals surface area (Å²) in [6.07, 6.45) is -0.0846. The van der Waals surface area contributed by atoms with Gasteiger partial charge < -0.3 is 18.9 Å². The molecule has 1 saturated heterocycles. The third-order valence-electron chi connectivity index (χ3n) is 5.58. The van der Waals surface area contributed by atoms with Gasteiger partial charge in [-0.3, -0.25) is 14.4 Å². The standard InChI is InChI=1S/C19H26N4O5S/c1-4-22-8-10-23(11-9-22)17(24)7-12-29(27,28)14-5-6-15-16(13-14)21(3)19(26)18(25)20(15)2/h5-6,13H,4,7-12H2,1-3H3. The molecule has 0 atom stereocenters. The Morgan fingerprint density at radius 2 is 1.55 bits per heavy atom. The van der Waals surface area contributed by atoms with Crippen molar-refractivity contribution < 1.29 is 13.2 Å². The first-order chi connectivity index (χ1) is 13.7. The molecule has 0 aliphatic carbocycles. The van der Waals surface area contributed by atoms with Gasteiger partial charge in [0.1, 0.15) is 0 Å². The van der Waals surface area contributed by atoms with Crippen molar-refractivity contribution in [1.29, 1.82) is 0 Å². The van der Waals surface area contributed by atoms with Crippen molar-refractivity contribution in [1.82, 2.24) is 18.9 Å². The number of amides is 1. The summed E-state index contributed by atoms with van der Waals surface area (Å²) in [5, 5.41) is 0. The Kier molecular flexibility index (Phi) is 5.95.